The summed E-state index contributed by atoms with van der Waals surface area (Å²) in [4.78, 5) is 59.9. The Balaban J connectivity index is 1.42. The van der Waals surface area contributed by atoms with Crippen LogP contribution in [-0.4, -0.2) is 107 Å². The van der Waals surface area contributed by atoms with Crippen LogP contribution in [0.15, 0.2) is 0 Å². The molecule has 1 aliphatic carbocycles. The van der Waals surface area contributed by atoms with E-state index in [1.165, 1.54) is 0 Å². The maximum absolute atomic E-state index is 14.4. The number of ether oxygens (including phenoxy) is 4. The Bertz CT molecular complexity index is 1600. The van der Waals surface area contributed by atoms with E-state index in [-0.39, 0.29) is 107 Å². The monoisotopic (exact) mass is 831 g/mol. The first-order valence-electron chi connectivity index (χ1n) is 22.5. The summed E-state index contributed by atoms with van der Waals surface area (Å²) >= 11 is 0. The van der Waals surface area contributed by atoms with E-state index >= 15 is 0 Å². The zero-order chi connectivity index (χ0) is 44.5. The third-order valence-electron chi connectivity index (χ3n) is 15.7. The predicted octanol–water partition coefficient (Wildman–Crippen LogP) is 6.43. The molecule has 8 atom stereocenters. The zero-order valence-electron chi connectivity index (χ0n) is 39.9. The summed E-state index contributed by atoms with van der Waals surface area (Å²) < 4.78 is 24.5. The van der Waals surface area contributed by atoms with Gasteiger partial charge in [0.05, 0.1) is 50.1 Å². The summed E-state index contributed by atoms with van der Waals surface area (Å²) in [6.07, 6.45) is 3.09. The van der Waals surface area contributed by atoms with Gasteiger partial charge in [0.1, 0.15) is 0 Å². The minimum Gasteiger partial charge on any atom is -0.465 e. The molecule has 5 aliphatic rings. The van der Waals surface area contributed by atoms with Gasteiger partial charge in [-0.05, 0) is 156 Å². The van der Waals surface area contributed by atoms with Crippen molar-refractivity contribution >= 4 is 23.9 Å². The molecule has 4 aliphatic heterocycles. The van der Waals surface area contributed by atoms with E-state index < -0.39 is 47.5 Å². The molecular weight excluding hydrogens is 749 g/mol. The Labute approximate surface area is 356 Å². The summed E-state index contributed by atoms with van der Waals surface area (Å²) in [6.45, 7) is 34.9. The molecule has 0 amide bonds. The maximum atomic E-state index is 14.4. The second kappa shape index (κ2) is 16.1. The number of nitrogens with one attached hydrogen (secondary N) is 3. The smallest absolute Gasteiger partial charge is 0.309 e. The number of likely N-dealkylation sites (tertiary alicyclic amines) is 1. The van der Waals surface area contributed by atoms with Crippen LogP contribution in [0.25, 0.3) is 0 Å². The van der Waals surface area contributed by atoms with Crippen molar-refractivity contribution in [2.75, 3.05) is 33.5 Å². The van der Waals surface area contributed by atoms with Crippen LogP contribution in [0.3, 0.4) is 0 Å². The first-order chi connectivity index (χ1) is 26.7. The van der Waals surface area contributed by atoms with Gasteiger partial charge in [-0.3, -0.25) is 24.1 Å². The molecule has 4 saturated heterocycles. The molecule has 0 bridgehead atoms. The van der Waals surface area contributed by atoms with Crippen LogP contribution in [0.1, 0.15) is 149 Å². The molecule has 5 rings (SSSR count). The molecule has 12 heteroatoms. The Morgan fingerprint density at radius 1 is 0.441 bits per heavy atom. The fourth-order valence-corrected chi connectivity index (χ4v) is 12.2. The topological polar surface area (TPSA) is 145 Å². The summed E-state index contributed by atoms with van der Waals surface area (Å²) in [5.74, 6) is -6.07. The fourth-order valence-electron chi connectivity index (χ4n) is 12.2. The molecule has 0 radical (unpaired) electrons. The van der Waals surface area contributed by atoms with Gasteiger partial charge < -0.3 is 34.9 Å². The first kappa shape index (κ1) is 47.8. The average molecular weight is 831 g/mol. The highest BCUT2D eigenvalue weighted by Gasteiger charge is 2.55. The quantitative estimate of drug-likeness (QED) is 0.147. The minimum atomic E-state index is -1.01. The van der Waals surface area contributed by atoms with Crippen LogP contribution < -0.4 is 16.0 Å². The van der Waals surface area contributed by atoms with Crippen LogP contribution in [0.2, 0.25) is 0 Å². The molecular formula is C47H82N4O8. The summed E-state index contributed by atoms with van der Waals surface area (Å²) in [5, 5.41) is 10.9. The van der Waals surface area contributed by atoms with Crippen molar-refractivity contribution in [3.8, 4) is 0 Å². The van der Waals surface area contributed by atoms with Gasteiger partial charge in [0, 0.05) is 68.0 Å². The van der Waals surface area contributed by atoms with Crippen LogP contribution in [0.4, 0.5) is 0 Å². The lowest BCUT2D eigenvalue weighted by Gasteiger charge is -2.39. The van der Waals surface area contributed by atoms with Gasteiger partial charge in [-0.25, -0.2) is 0 Å². The third-order valence-corrected chi connectivity index (χ3v) is 15.7. The molecule has 338 valence electrons. The Morgan fingerprint density at radius 2 is 0.695 bits per heavy atom. The van der Waals surface area contributed by atoms with Gasteiger partial charge in [-0.2, -0.15) is 0 Å². The number of esters is 4. The number of hydrogen-bond donors (Lipinski definition) is 3. The number of rotatable bonds is 12. The van der Waals surface area contributed by atoms with Gasteiger partial charge in [0.25, 0.3) is 0 Å². The van der Waals surface area contributed by atoms with Crippen molar-refractivity contribution < 1.29 is 38.1 Å². The molecule has 0 spiro atoms. The minimum absolute atomic E-state index is 0.0378. The third kappa shape index (κ3) is 10.5. The largest absolute Gasteiger partial charge is 0.465 e. The highest BCUT2D eigenvalue weighted by atomic mass is 16.6. The second-order valence-electron chi connectivity index (χ2n) is 24.2. The zero-order valence-corrected chi connectivity index (χ0v) is 39.9. The van der Waals surface area contributed by atoms with Crippen molar-refractivity contribution in [3.63, 3.8) is 0 Å². The van der Waals surface area contributed by atoms with E-state index in [0.29, 0.717) is 0 Å². The number of nitrogens with zero attached hydrogens (tertiary/aromatic N) is 1. The molecule has 5 fully saturated rings. The molecule has 0 aromatic rings. The normalized spacial score (nSPS) is 35.8. The summed E-state index contributed by atoms with van der Waals surface area (Å²) in [6, 6.07) is 0. The molecule has 59 heavy (non-hydrogen) atoms. The lowest BCUT2D eigenvalue weighted by molar-refractivity contribution is -0.177. The molecule has 4 heterocycles. The molecule has 12 nitrogen and oxygen atoms in total. The lowest BCUT2D eigenvalue weighted by atomic mass is 9.68. The maximum Gasteiger partial charge on any atom is 0.309 e. The fraction of sp³-hybridized carbons (Fsp3) is 0.915. The number of carbonyl (C=O) groups is 4. The van der Waals surface area contributed by atoms with Gasteiger partial charge in [0.2, 0.25) is 0 Å². The number of carbonyl (C=O) groups excluding carboxylic acids is 4. The predicted molar refractivity (Wildman–Crippen MR) is 229 cm³/mol. The Hall–Kier alpha value is -2.28. The van der Waals surface area contributed by atoms with E-state index in [4.69, 9.17) is 18.9 Å². The lowest BCUT2D eigenvalue weighted by Crippen LogP contribution is -2.49. The van der Waals surface area contributed by atoms with Crippen molar-refractivity contribution in [3.05, 3.63) is 0 Å². The van der Waals surface area contributed by atoms with Gasteiger partial charge >= 0.3 is 23.9 Å². The van der Waals surface area contributed by atoms with Crippen LogP contribution >= 0.6 is 0 Å². The van der Waals surface area contributed by atoms with Crippen LogP contribution in [-0.2, 0) is 38.1 Å². The van der Waals surface area contributed by atoms with Crippen LogP contribution in [0.5, 0.6) is 0 Å². The molecule has 3 N–H and O–H groups in total. The molecule has 0 aromatic carbocycles. The molecule has 8 unspecified atom stereocenters. The van der Waals surface area contributed by atoms with Crippen LogP contribution in [0, 0.1) is 47.3 Å². The van der Waals surface area contributed by atoms with Gasteiger partial charge in [-0.15, -0.1) is 0 Å². The Morgan fingerprint density at radius 3 is 0.898 bits per heavy atom. The van der Waals surface area contributed by atoms with E-state index in [2.05, 4.69) is 139 Å². The molecule has 0 aromatic heterocycles. The van der Waals surface area contributed by atoms with Gasteiger partial charge in [-0.1, -0.05) is 0 Å². The van der Waals surface area contributed by atoms with Crippen molar-refractivity contribution in [2.24, 2.45) is 47.3 Å². The van der Waals surface area contributed by atoms with E-state index in [1.807, 2.05) is 0 Å². The van der Waals surface area contributed by atoms with E-state index in [1.54, 1.807) is 0 Å². The average Bonchev–Trinajstić information content (AvgIpc) is 3.60. The molecule has 1 saturated carbocycles. The SMILES string of the molecule is CN1C(C)(C)CC(COC(=O)C2CC(C(=O)OCC3CC(C)(C)NC3(C)C)C(C(=O)OCC3CC(C)(C)NC3(C)C)CC2C(=O)OCC2CC(C)(C)NC2(C)C)C1(C)C. The Kier molecular flexibility index (Phi) is 13.1. The van der Waals surface area contributed by atoms with Crippen molar-refractivity contribution in [2.45, 2.75) is 194 Å². The number of hydrogen-bond acceptors (Lipinski definition) is 12. The van der Waals surface area contributed by atoms with Crippen molar-refractivity contribution in [1.82, 2.24) is 20.9 Å². The van der Waals surface area contributed by atoms with E-state index in [0.717, 1.165) is 25.7 Å². The highest BCUT2D eigenvalue weighted by molar-refractivity contribution is 5.88. The summed E-state index contributed by atoms with van der Waals surface area (Å²) in [5.41, 5.74) is -1.54. The van der Waals surface area contributed by atoms with Gasteiger partial charge in [0.15, 0.2) is 0 Å². The van der Waals surface area contributed by atoms with Crippen molar-refractivity contribution in [1.29, 1.82) is 0 Å². The standard InChI is InChI=1S/C47H82N4O8/c1-40(2)20-28(44(9,10)48-40)24-56-36(52)32-18-34(38(54)58-26-30-22-42(5,6)50-46(30,13)14)35(39(55)59-27-31-23-43(7,8)51(17)47(31,15)16)19-33(32)37(53)57-25-29-21-41(3,4)49-45(29,11)12/h28-35,48-50H,18-27H2,1-17H3. The van der Waals surface area contributed by atoms with E-state index in [9.17, 15) is 19.2 Å². The second-order valence-corrected chi connectivity index (χ2v) is 24.2. The summed E-state index contributed by atoms with van der Waals surface area (Å²) in [7, 11) is 2.10. The highest BCUT2D eigenvalue weighted by Crippen LogP contribution is 2.46. The first-order valence-corrected chi connectivity index (χ1v) is 22.5.